The van der Waals surface area contributed by atoms with Crippen LogP contribution in [0.1, 0.15) is 17.9 Å². The Morgan fingerprint density at radius 2 is 1.72 bits per heavy atom. The van der Waals surface area contributed by atoms with Crippen molar-refractivity contribution in [3.05, 3.63) is 53.6 Å². The second kappa shape index (κ2) is 5.96. The van der Waals surface area contributed by atoms with Crippen LogP contribution < -0.4 is 9.47 Å². The van der Waals surface area contributed by atoms with Crippen LogP contribution in [-0.4, -0.2) is 32.6 Å². The van der Waals surface area contributed by atoms with E-state index in [1.54, 1.807) is 6.07 Å². The van der Waals surface area contributed by atoms with Gasteiger partial charge in [-0.25, -0.2) is 17.2 Å². The number of hydrogen-bond acceptors (Lipinski definition) is 4. The summed E-state index contributed by atoms with van der Waals surface area (Å²) in [6, 6.07) is 7.87. The van der Waals surface area contributed by atoms with Gasteiger partial charge in [0.2, 0.25) is 16.8 Å². The molecule has 0 aliphatic carbocycles. The van der Waals surface area contributed by atoms with E-state index in [2.05, 4.69) is 0 Å². The predicted molar refractivity (Wildman–Crippen MR) is 85.0 cm³/mol. The van der Waals surface area contributed by atoms with E-state index in [-0.39, 0.29) is 24.2 Å². The molecule has 2 aliphatic heterocycles. The maximum absolute atomic E-state index is 13.4. The van der Waals surface area contributed by atoms with Gasteiger partial charge in [0.25, 0.3) is 0 Å². The highest BCUT2D eigenvalue weighted by Gasteiger charge is 2.34. The molecule has 0 spiro atoms. The van der Waals surface area contributed by atoms with Crippen LogP contribution in [0.3, 0.4) is 0 Å². The van der Waals surface area contributed by atoms with Crippen molar-refractivity contribution in [3.8, 4) is 11.5 Å². The monoisotopic (exact) mass is 367 g/mol. The van der Waals surface area contributed by atoms with E-state index >= 15 is 0 Å². The summed E-state index contributed by atoms with van der Waals surface area (Å²) in [6.45, 7) is 0.717. The fourth-order valence-corrected chi connectivity index (χ4v) is 4.76. The number of ether oxygens (including phenoxy) is 2. The maximum Gasteiger partial charge on any atom is 0.243 e. The fourth-order valence-electron chi connectivity index (χ4n) is 3.21. The van der Waals surface area contributed by atoms with E-state index < -0.39 is 21.7 Å². The molecule has 1 unspecified atom stereocenters. The number of halogens is 2. The van der Waals surface area contributed by atoms with Crippen molar-refractivity contribution in [2.24, 2.45) is 0 Å². The molecule has 0 aromatic heterocycles. The molecule has 5 nitrogen and oxygen atoms in total. The fraction of sp³-hybridized carbons (Fsp3) is 0.294. The van der Waals surface area contributed by atoms with Gasteiger partial charge in [0.1, 0.15) is 11.6 Å². The van der Waals surface area contributed by atoms with Crippen molar-refractivity contribution in [1.82, 2.24) is 4.31 Å². The van der Waals surface area contributed by atoms with Crippen LogP contribution in [0.25, 0.3) is 0 Å². The minimum absolute atomic E-state index is 0.0114. The van der Waals surface area contributed by atoms with Crippen LogP contribution in [0.2, 0.25) is 0 Å². The van der Waals surface area contributed by atoms with Crippen molar-refractivity contribution in [2.75, 3.05) is 19.9 Å². The topological polar surface area (TPSA) is 55.8 Å². The van der Waals surface area contributed by atoms with Crippen molar-refractivity contribution in [1.29, 1.82) is 0 Å². The lowest BCUT2D eigenvalue weighted by Gasteiger charge is -2.17. The first-order valence-electron chi connectivity index (χ1n) is 7.79. The SMILES string of the molecule is O=S(=O)(c1cc(F)cc(F)c1)N1CCC(c2ccc3c(c2)OCO3)C1. The molecule has 2 heterocycles. The van der Waals surface area contributed by atoms with Gasteiger partial charge >= 0.3 is 0 Å². The molecular formula is C17H15F2NO4S. The maximum atomic E-state index is 13.4. The van der Waals surface area contributed by atoms with Gasteiger partial charge in [-0.05, 0) is 42.2 Å². The zero-order chi connectivity index (χ0) is 17.6. The summed E-state index contributed by atoms with van der Waals surface area (Å²) in [4.78, 5) is -0.365. The van der Waals surface area contributed by atoms with Crippen LogP contribution in [0.15, 0.2) is 41.3 Å². The summed E-state index contributed by atoms with van der Waals surface area (Å²) in [5.41, 5.74) is 0.951. The molecule has 0 N–H and O–H groups in total. The molecule has 1 atom stereocenters. The van der Waals surface area contributed by atoms with E-state index in [1.807, 2.05) is 12.1 Å². The molecule has 4 rings (SSSR count). The number of benzene rings is 2. The Balaban J connectivity index is 1.57. The summed E-state index contributed by atoms with van der Waals surface area (Å²) in [6.07, 6.45) is 0.622. The smallest absolute Gasteiger partial charge is 0.243 e. The normalized spacial score (nSPS) is 20.2. The molecule has 0 amide bonds. The molecule has 1 saturated heterocycles. The van der Waals surface area contributed by atoms with Crippen LogP contribution in [0.4, 0.5) is 8.78 Å². The number of hydrogen-bond donors (Lipinski definition) is 0. The first-order valence-corrected chi connectivity index (χ1v) is 9.23. The van der Waals surface area contributed by atoms with Gasteiger partial charge in [-0.15, -0.1) is 0 Å². The Kier molecular flexibility index (Phi) is 3.88. The third kappa shape index (κ3) is 2.96. The summed E-state index contributed by atoms with van der Waals surface area (Å²) < 4.78 is 63.9. The minimum Gasteiger partial charge on any atom is -0.454 e. The Morgan fingerprint density at radius 1 is 1.00 bits per heavy atom. The predicted octanol–water partition coefficient (Wildman–Crippen LogP) is 2.87. The molecule has 0 bridgehead atoms. The van der Waals surface area contributed by atoms with Crippen molar-refractivity contribution < 1.29 is 26.7 Å². The Bertz CT molecular complexity index is 912. The molecule has 8 heteroatoms. The Hall–Kier alpha value is -2.19. The van der Waals surface area contributed by atoms with Crippen molar-refractivity contribution >= 4 is 10.0 Å². The lowest BCUT2D eigenvalue weighted by atomic mass is 9.98. The standard InChI is InChI=1S/C17H15F2NO4S/c18-13-6-14(19)8-15(7-13)25(21,22)20-4-3-12(9-20)11-1-2-16-17(5-11)24-10-23-16/h1-2,5-8,12H,3-4,9-10H2. The van der Waals surface area contributed by atoms with Crippen molar-refractivity contribution in [3.63, 3.8) is 0 Å². The third-order valence-electron chi connectivity index (χ3n) is 4.49. The number of fused-ring (bicyclic) bond motifs is 1. The molecule has 132 valence electrons. The minimum atomic E-state index is -3.94. The van der Waals surface area contributed by atoms with Gasteiger partial charge in [0, 0.05) is 19.2 Å². The second-order valence-corrected chi connectivity index (χ2v) is 8.00. The van der Waals surface area contributed by atoms with Gasteiger partial charge in [-0.1, -0.05) is 6.07 Å². The first-order chi connectivity index (χ1) is 11.9. The first kappa shape index (κ1) is 16.3. The number of sulfonamides is 1. The number of rotatable bonds is 3. The highest BCUT2D eigenvalue weighted by molar-refractivity contribution is 7.89. The number of nitrogens with zero attached hydrogens (tertiary/aromatic N) is 1. The Labute approximate surface area is 143 Å². The molecule has 2 aromatic carbocycles. The van der Waals surface area contributed by atoms with Crippen LogP contribution in [0.5, 0.6) is 11.5 Å². The molecule has 0 saturated carbocycles. The zero-order valence-corrected chi connectivity index (χ0v) is 13.9. The zero-order valence-electron chi connectivity index (χ0n) is 13.1. The molecule has 1 fully saturated rings. The van der Waals surface area contributed by atoms with E-state index in [0.29, 0.717) is 30.5 Å². The lowest BCUT2D eigenvalue weighted by Crippen LogP contribution is -2.28. The average molecular weight is 367 g/mol. The van der Waals surface area contributed by atoms with E-state index in [1.165, 1.54) is 4.31 Å². The van der Waals surface area contributed by atoms with Gasteiger partial charge < -0.3 is 9.47 Å². The van der Waals surface area contributed by atoms with E-state index in [4.69, 9.17) is 9.47 Å². The summed E-state index contributed by atoms with van der Waals surface area (Å²) in [5, 5.41) is 0. The molecule has 0 radical (unpaired) electrons. The molecular weight excluding hydrogens is 352 g/mol. The highest BCUT2D eigenvalue weighted by Crippen LogP contribution is 2.38. The summed E-state index contributed by atoms with van der Waals surface area (Å²) >= 11 is 0. The lowest BCUT2D eigenvalue weighted by molar-refractivity contribution is 0.174. The van der Waals surface area contributed by atoms with Crippen LogP contribution >= 0.6 is 0 Å². The van der Waals surface area contributed by atoms with E-state index in [0.717, 1.165) is 17.7 Å². The Morgan fingerprint density at radius 3 is 2.48 bits per heavy atom. The van der Waals surface area contributed by atoms with Gasteiger partial charge in [0.15, 0.2) is 11.5 Å². The van der Waals surface area contributed by atoms with E-state index in [9.17, 15) is 17.2 Å². The molecule has 2 aliphatic rings. The summed E-state index contributed by atoms with van der Waals surface area (Å²) in [5.74, 6) is -0.523. The molecule has 2 aromatic rings. The average Bonchev–Trinajstić information content (AvgIpc) is 3.22. The van der Waals surface area contributed by atoms with Crippen LogP contribution in [0, 0.1) is 11.6 Å². The largest absolute Gasteiger partial charge is 0.454 e. The van der Waals surface area contributed by atoms with Gasteiger partial charge in [-0.3, -0.25) is 0 Å². The van der Waals surface area contributed by atoms with Crippen molar-refractivity contribution in [2.45, 2.75) is 17.2 Å². The highest BCUT2D eigenvalue weighted by atomic mass is 32.2. The quantitative estimate of drug-likeness (QED) is 0.837. The third-order valence-corrected chi connectivity index (χ3v) is 6.34. The van der Waals surface area contributed by atoms with Gasteiger partial charge in [-0.2, -0.15) is 4.31 Å². The van der Waals surface area contributed by atoms with Crippen LogP contribution in [-0.2, 0) is 10.0 Å². The van der Waals surface area contributed by atoms with Gasteiger partial charge in [0.05, 0.1) is 4.90 Å². The summed E-state index contributed by atoms with van der Waals surface area (Å²) in [7, 11) is -3.94. The molecule has 25 heavy (non-hydrogen) atoms. The second-order valence-electron chi connectivity index (χ2n) is 6.07.